The maximum absolute atomic E-state index is 13.2. The van der Waals surface area contributed by atoms with Crippen LogP contribution in [0.4, 0.5) is 31.1 Å². The van der Waals surface area contributed by atoms with Crippen LogP contribution in [0.15, 0.2) is 60.7 Å². The van der Waals surface area contributed by atoms with Crippen molar-refractivity contribution in [1.29, 1.82) is 0 Å². The Labute approximate surface area is 157 Å². The zero-order valence-corrected chi connectivity index (χ0v) is 14.5. The number of amides is 2. The number of carbonyl (C=O) groups is 1. The Morgan fingerprint density at radius 3 is 1.29 bits per heavy atom. The van der Waals surface area contributed by atoms with Crippen molar-refractivity contribution in [2.75, 3.05) is 0 Å². The molecule has 0 bridgehead atoms. The normalized spacial score (nSPS) is 14.2. The molecule has 0 aliphatic heterocycles. The molecule has 0 spiro atoms. The number of rotatable bonds is 6. The molecule has 0 fully saturated rings. The van der Waals surface area contributed by atoms with E-state index in [-0.39, 0.29) is 0 Å². The number of carbonyl (C=O) groups excluding carboxylic acids is 1. The van der Waals surface area contributed by atoms with Gasteiger partial charge in [-0.15, -0.1) is 0 Å². The molecule has 0 saturated heterocycles. The topological polar surface area (TPSA) is 41.1 Å². The Balaban J connectivity index is 2.08. The van der Waals surface area contributed by atoms with E-state index in [0.29, 0.717) is 11.1 Å². The van der Waals surface area contributed by atoms with Gasteiger partial charge in [0.2, 0.25) is 0 Å². The van der Waals surface area contributed by atoms with Crippen molar-refractivity contribution in [3.63, 3.8) is 0 Å². The summed E-state index contributed by atoms with van der Waals surface area (Å²) in [5.74, 6) is 0. The van der Waals surface area contributed by atoms with Crippen LogP contribution < -0.4 is 10.6 Å². The van der Waals surface area contributed by atoms with Crippen molar-refractivity contribution in [3.05, 3.63) is 71.8 Å². The van der Waals surface area contributed by atoms with Crippen LogP contribution in [0.2, 0.25) is 0 Å². The van der Waals surface area contributed by atoms with Crippen LogP contribution in [0.1, 0.15) is 11.1 Å². The molecule has 2 atom stereocenters. The summed E-state index contributed by atoms with van der Waals surface area (Å²) in [6.07, 6.45) is -10.8. The highest BCUT2D eigenvalue weighted by atomic mass is 19.4. The minimum atomic E-state index is -4.82. The van der Waals surface area contributed by atoms with Gasteiger partial charge in [0, 0.05) is 12.8 Å². The Kier molecular flexibility index (Phi) is 6.93. The van der Waals surface area contributed by atoms with Gasteiger partial charge in [0.05, 0.1) is 0 Å². The largest absolute Gasteiger partial charge is 0.408 e. The third-order valence-electron chi connectivity index (χ3n) is 3.97. The van der Waals surface area contributed by atoms with Crippen LogP contribution >= 0.6 is 0 Å². The first kappa shape index (κ1) is 21.6. The molecule has 0 aliphatic carbocycles. The molecule has 3 nitrogen and oxygen atoms in total. The third-order valence-corrected chi connectivity index (χ3v) is 3.97. The molecule has 0 aliphatic rings. The van der Waals surface area contributed by atoms with Crippen molar-refractivity contribution < 1.29 is 31.1 Å². The summed E-state index contributed by atoms with van der Waals surface area (Å²) < 4.78 is 79.3. The first-order chi connectivity index (χ1) is 13.1. The van der Waals surface area contributed by atoms with E-state index in [4.69, 9.17) is 0 Å². The molecule has 2 amide bonds. The highest BCUT2D eigenvalue weighted by Crippen LogP contribution is 2.25. The zero-order valence-electron chi connectivity index (χ0n) is 14.5. The van der Waals surface area contributed by atoms with Crippen molar-refractivity contribution in [1.82, 2.24) is 10.6 Å². The summed E-state index contributed by atoms with van der Waals surface area (Å²) >= 11 is 0. The summed E-state index contributed by atoms with van der Waals surface area (Å²) in [7, 11) is 0. The molecule has 2 aromatic carbocycles. The Bertz CT molecular complexity index is 683. The highest BCUT2D eigenvalue weighted by molar-refractivity contribution is 5.74. The molecule has 0 radical (unpaired) electrons. The first-order valence-corrected chi connectivity index (χ1v) is 8.34. The van der Waals surface area contributed by atoms with E-state index in [0.717, 1.165) is 0 Å². The van der Waals surface area contributed by atoms with Crippen LogP contribution in [0, 0.1) is 0 Å². The van der Waals surface area contributed by atoms with Gasteiger partial charge in [-0.25, -0.2) is 4.79 Å². The lowest BCUT2D eigenvalue weighted by molar-refractivity contribution is -0.156. The summed E-state index contributed by atoms with van der Waals surface area (Å²) in [6, 6.07) is 8.93. The SMILES string of the molecule is O=C(NC(Cc1ccccc1)C(F)(F)F)NC(Cc1ccccc1)C(F)(F)F. The molecular weight excluding hydrogens is 386 g/mol. The van der Waals surface area contributed by atoms with Gasteiger partial charge in [-0.3, -0.25) is 0 Å². The molecule has 2 aromatic rings. The van der Waals surface area contributed by atoms with E-state index in [1.54, 1.807) is 22.8 Å². The van der Waals surface area contributed by atoms with Crippen LogP contribution in [-0.4, -0.2) is 30.5 Å². The minimum absolute atomic E-state index is 0.293. The van der Waals surface area contributed by atoms with Gasteiger partial charge < -0.3 is 10.6 Å². The van der Waals surface area contributed by atoms with Gasteiger partial charge in [-0.05, 0) is 11.1 Å². The molecule has 152 valence electrons. The average molecular weight is 404 g/mol. The van der Waals surface area contributed by atoms with Crippen LogP contribution in [-0.2, 0) is 12.8 Å². The van der Waals surface area contributed by atoms with Gasteiger partial charge in [0.15, 0.2) is 0 Å². The molecule has 9 heteroatoms. The first-order valence-electron chi connectivity index (χ1n) is 8.34. The lowest BCUT2D eigenvalue weighted by Gasteiger charge is -2.25. The minimum Gasteiger partial charge on any atom is -0.326 e. The summed E-state index contributed by atoms with van der Waals surface area (Å²) in [5, 5.41) is 3.24. The van der Waals surface area contributed by atoms with Gasteiger partial charge in [-0.1, -0.05) is 60.7 Å². The number of alkyl halides is 6. The lowest BCUT2D eigenvalue weighted by atomic mass is 10.1. The number of halogens is 6. The Morgan fingerprint density at radius 2 is 1.00 bits per heavy atom. The second kappa shape index (κ2) is 8.99. The Morgan fingerprint density at radius 1 is 0.679 bits per heavy atom. The summed E-state index contributed by atoms with van der Waals surface area (Å²) in [4.78, 5) is 11.9. The molecule has 2 rings (SSSR count). The quantitative estimate of drug-likeness (QED) is 0.677. The number of benzene rings is 2. The second-order valence-corrected chi connectivity index (χ2v) is 6.19. The fourth-order valence-corrected chi connectivity index (χ4v) is 2.55. The van der Waals surface area contributed by atoms with Crippen molar-refractivity contribution >= 4 is 6.03 Å². The van der Waals surface area contributed by atoms with Crippen LogP contribution in [0.5, 0.6) is 0 Å². The van der Waals surface area contributed by atoms with Gasteiger partial charge >= 0.3 is 18.4 Å². The molecule has 2 N–H and O–H groups in total. The van der Waals surface area contributed by atoms with Crippen molar-refractivity contribution in [2.45, 2.75) is 37.3 Å². The molecule has 0 saturated carbocycles. The predicted molar refractivity (Wildman–Crippen MR) is 91.6 cm³/mol. The molecule has 2 unspecified atom stereocenters. The average Bonchev–Trinajstić information content (AvgIpc) is 2.61. The lowest BCUT2D eigenvalue weighted by Crippen LogP contribution is -2.55. The number of nitrogens with one attached hydrogen (secondary N) is 2. The highest BCUT2D eigenvalue weighted by Gasteiger charge is 2.43. The van der Waals surface area contributed by atoms with Gasteiger partial charge in [0.1, 0.15) is 12.1 Å². The monoisotopic (exact) mass is 404 g/mol. The third kappa shape index (κ3) is 6.79. The van der Waals surface area contributed by atoms with Crippen molar-refractivity contribution in [3.8, 4) is 0 Å². The van der Waals surface area contributed by atoms with E-state index in [1.807, 2.05) is 0 Å². The second-order valence-electron chi connectivity index (χ2n) is 6.19. The van der Waals surface area contributed by atoms with Crippen LogP contribution in [0.25, 0.3) is 0 Å². The van der Waals surface area contributed by atoms with Gasteiger partial charge in [0.25, 0.3) is 0 Å². The summed E-state index contributed by atoms with van der Waals surface area (Å²) in [6.45, 7) is 0. The van der Waals surface area contributed by atoms with Crippen LogP contribution in [0.3, 0.4) is 0 Å². The number of hydrogen-bond donors (Lipinski definition) is 2. The zero-order chi connectivity index (χ0) is 20.8. The standard InChI is InChI=1S/C19H18F6N2O/c20-18(21,22)15(11-13-7-3-1-4-8-13)26-17(28)27-16(19(23,24)25)12-14-9-5-2-6-10-14/h1-10,15-16H,11-12H2,(H2,26,27,28). The fourth-order valence-electron chi connectivity index (χ4n) is 2.55. The van der Waals surface area contributed by atoms with E-state index >= 15 is 0 Å². The molecule has 0 aromatic heterocycles. The summed E-state index contributed by atoms with van der Waals surface area (Å²) in [5.41, 5.74) is 0.587. The maximum Gasteiger partial charge on any atom is 0.408 e. The maximum atomic E-state index is 13.2. The number of urea groups is 1. The molecule has 0 heterocycles. The molecular formula is C19H18F6N2O. The van der Waals surface area contributed by atoms with Gasteiger partial charge in [-0.2, -0.15) is 26.3 Å². The van der Waals surface area contributed by atoms with E-state index < -0.39 is 43.3 Å². The Hall–Kier alpha value is -2.71. The predicted octanol–water partition coefficient (Wildman–Crippen LogP) is 4.63. The number of hydrogen-bond acceptors (Lipinski definition) is 1. The fraction of sp³-hybridized carbons (Fsp3) is 0.316. The smallest absolute Gasteiger partial charge is 0.326 e. The van der Waals surface area contributed by atoms with E-state index in [1.165, 1.54) is 48.5 Å². The van der Waals surface area contributed by atoms with Crippen molar-refractivity contribution in [2.24, 2.45) is 0 Å². The molecule has 28 heavy (non-hydrogen) atoms. The van der Waals surface area contributed by atoms with E-state index in [2.05, 4.69) is 0 Å². The van der Waals surface area contributed by atoms with E-state index in [9.17, 15) is 31.1 Å².